The van der Waals surface area contributed by atoms with Gasteiger partial charge < -0.3 is 20.1 Å². The Morgan fingerprint density at radius 1 is 1.35 bits per heavy atom. The van der Waals surface area contributed by atoms with Gasteiger partial charge in [0.25, 0.3) is 5.91 Å². The highest BCUT2D eigenvalue weighted by molar-refractivity contribution is 6.30. The molecule has 138 valence electrons. The maximum absolute atomic E-state index is 13.0. The van der Waals surface area contributed by atoms with Crippen molar-refractivity contribution in [3.8, 4) is 0 Å². The second kappa shape index (κ2) is 7.88. The van der Waals surface area contributed by atoms with Crippen LogP contribution in [-0.4, -0.2) is 51.9 Å². The van der Waals surface area contributed by atoms with E-state index in [4.69, 9.17) is 11.6 Å². The predicted octanol–water partition coefficient (Wildman–Crippen LogP) is 1.36. The Hall–Kier alpha value is -2.38. The molecule has 0 aliphatic carbocycles. The van der Waals surface area contributed by atoms with Crippen LogP contribution in [0.25, 0.3) is 0 Å². The SMILES string of the molecule is CC(NC(=O)c1ccc(Cl)cc1)C(=O)N1CCNCC1c1nccn1C. The number of carbonyl (C=O) groups excluding carboxylic acids is 2. The Morgan fingerprint density at radius 3 is 2.73 bits per heavy atom. The summed E-state index contributed by atoms with van der Waals surface area (Å²) in [5, 5.41) is 6.63. The Morgan fingerprint density at radius 2 is 2.08 bits per heavy atom. The minimum atomic E-state index is -0.640. The van der Waals surface area contributed by atoms with Crippen LogP contribution in [0.4, 0.5) is 0 Å². The quantitative estimate of drug-likeness (QED) is 0.845. The number of amides is 2. The van der Waals surface area contributed by atoms with E-state index >= 15 is 0 Å². The van der Waals surface area contributed by atoms with E-state index in [1.807, 2.05) is 17.8 Å². The zero-order valence-electron chi connectivity index (χ0n) is 14.8. The van der Waals surface area contributed by atoms with Gasteiger partial charge >= 0.3 is 0 Å². The number of nitrogens with one attached hydrogen (secondary N) is 2. The number of hydrogen-bond acceptors (Lipinski definition) is 4. The van der Waals surface area contributed by atoms with Crippen LogP contribution >= 0.6 is 11.6 Å². The molecule has 2 unspecified atom stereocenters. The van der Waals surface area contributed by atoms with E-state index < -0.39 is 6.04 Å². The van der Waals surface area contributed by atoms with Crippen LogP contribution in [0, 0.1) is 0 Å². The van der Waals surface area contributed by atoms with Gasteiger partial charge in [-0.25, -0.2) is 4.98 Å². The van der Waals surface area contributed by atoms with Gasteiger partial charge in [0.2, 0.25) is 5.91 Å². The van der Waals surface area contributed by atoms with E-state index in [1.54, 1.807) is 42.3 Å². The first-order valence-electron chi connectivity index (χ1n) is 8.52. The van der Waals surface area contributed by atoms with Gasteiger partial charge in [-0.3, -0.25) is 9.59 Å². The summed E-state index contributed by atoms with van der Waals surface area (Å²) >= 11 is 5.85. The first-order valence-corrected chi connectivity index (χ1v) is 8.90. The van der Waals surface area contributed by atoms with E-state index in [1.165, 1.54) is 0 Å². The van der Waals surface area contributed by atoms with Crippen LogP contribution in [0.3, 0.4) is 0 Å². The Balaban J connectivity index is 1.71. The first kappa shape index (κ1) is 18.4. The van der Waals surface area contributed by atoms with Crippen molar-refractivity contribution in [1.29, 1.82) is 0 Å². The zero-order chi connectivity index (χ0) is 18.7. The lowest BCUT2D eigenvalue weighted by molar-refractivity contribution is -0.136. The summed E-state index contributed by atoms with van der Waals surface area (Å²) in [6, 6.07) is 5.77. The van der Waals surface area contributed by atoms with Crippen molar-refractivity contribution in [2.75, 3.05) is 19.6 Å². The molecule has 0 spiro atoms. The Kier molecular flexibility index (Phi) is 5.58. The highest BCUT2D eigenvalue weighted by atomic mass is 35.5. The van der Waals surface area contributed by atoms with E-state index in [0.717, 1.165) is 5.82 Å². The molecule has 3 rings (SSSR count). The summed E-state index contributed by atoms with van der Waals surface area (Å²) < 4.78 is 1.91. The fourth-order valence-corrected chi connectivity index (χ4v) is 3.21. The molecular weight excluding hydrogens is 354 g/mol. The third kappa shape index (κ3) is 3.89. The molecule has 1 saturated heterocycles. The number of halogens is 1. The smallest absolute Gasteiger partial charge is 0.251 e. The maximum Gasteiger partial charge on any atom is 0.251 e. The lowest BCUT2D eigenvalue weighted by atomic mass is 10.1. The molecule has 2 heterocycles. The summed E-state index contributed by atoms with van der Waals surface area (Å²) in [5.41, 5.74) is 0.468. The second-order valence-corrected chi connectivity index (χ2v) is 6.79. The van der Waals surface area contributed by atoms with Gasteiger partial charge in [-0.1, -0.05) is 11.6 Å². The van der Waals surface area contributed by atoms with Gasteiger partial charge in [0.15, 0.2) is 0 Å². The van der Waals surface area contributed by atoms with Crippen LogP contribution in [0.15, 0.2) is 36.7 Å². The van der Waals surface area contributed by atoms with Gasteiger partial charge in [-0.2, -0.15) is 0 Å². The number of nitrogens with zero attached hydrogens (tertiary/aromatic N) is 3. The van der Waals surface area contributed by atoms with E-state index in [9.17, 15) is 9.59 Å². The lowest BCUT2D eigenvalue weighted by Gasteiger charge is -2.37. The molecule has 8 heteroatoms. The molecule has 0 saturated carbocycles. The first-order chi connectivity index (χ1) is 12.5. The average molecular weight is 376 g/mol. The topological polar surface area (TPSA) is 79.3 Å². The van der Waals surface area contributed by atoms with Crippen molar-refractivity contribution in [2.45, 2.75) is 19.0 Å². The molecule has 1 fully saturated rings. The average Bonchev–Trinajstić information content (AvgIpc) is 3.07. The molecule has 2 N–H and O–H groups in total. The summed E-state index contributed by atoms with van der Waals surface area (Å²) in [6.45, 7) is 3.62. The normalized spacial score (nSPS) is 18.4. The van der Waals surface area contributed by atoms with E-state index in [0.29, 0.717) is 30.2 Å². The number of imidazole rings is 1. The molecule has 0 radical (unpaired) electrons. The lowest BCUT2D eigenvalue weighted by Crippen LogP contribution is -2.54. The van der Waals surface area contributed by atoms with Crippen molar-refractivity contribution in [3.05, 3.63) is 53.1 Å². The number of rotatable bonds is 4. The molecule has 0 bridgehead atoms. The van der Waals surface area contributed by atoms with Crippen molar-refractivity contribution in [3.63, 3.8) is 0 Å². The van der Waals surface area contributed by atoms with Gasteiger partial charge in [-0.05, 0) is 31.2 Å². The number of aryl methyl sites for hydroxylation is 1. The van der Waals surface area contributed by atoms with Gasteiger partial charge in [0, 0.05) is 49.7 Å². The summed E-state index contributed by atoms with van der Waals surface area (Å²) in [5.74, 6) is 0.398. The number of piperazine rings is 1. The summed E-state index contributed by atoms with van der Waals surface area (Å²) in [7, 11) is 1.91. The van der Waals surface area contributed by atoms with Crippen molar-refractivity contribution in [2.24, 2.45) is 7.05 Å². The molecule has 1 aliphatic heterocycles. The van der Waals surface area contributed by atoms with E-state index in [2.05, 4.69) is 15.6 Å². The molecule has 7 nitrogen and oxygen atoms in total. The molecule has 2 aromatic rings. The zero-order valence-corrected chi connectivity index (χ0v) is 15.5. The highest BCUT2D eigenvalue weighted by Crippen LogP contribution is 2.21. The molecule has 1 aromatic heterocycles. The van der Waals surface area contributed by atoms with Crippen LogP contribution in [0.1, 0.15) is 29.1 Å². The number of hydrogen-bond donors (Lipinski definition) is 2. The largest absolute Gasteiger partial charge is 0.341 e. The number of benzene rings is 1. The predicted molar refractivity (Wildman–Crippen MR) is 98.9 cm³/mol. The third-order valence-corrected chi connectivity index (χ3v) is 4.76. The molecule has 1 aliphatic rings. The van der Waals surface area contributed by atoms with Crippen LogP contribution in [0.5, 0.6) is 0 Å². The monoisotopic (exact) mass is 375 g/mol. The van der Waals surface area contributed by atoms with Crippen LogP contribution in [0.2, 0.25) is 5.02 Å². The molecule has 2 amide bonds. The van der Waals surface area contributed by atoms with Crippen molar-refractivity contribution >= 4 is 23.4 Å². The summed E-state index contributed by atoms with van der Waals surface area (Å²) in [4.78, 5) is 31.5. The fourth-order valence-electron chi connectivity index (χ4n) is 3.09. The third-order valence-electron chi connectivity index (χ3n) is 4.51. The Bertz CT molecular complexity index is 789. The van der Waals surface area contributed by atoms with Crippen LogP contribution in [-0.2, 0) is 11.8 Å². The van der Waals surface area contributed by atoms with Crippen LogP contribution < -0.4 is 10.6 Å². The number of aromatic nitrogens is 2. The standard InChI is InChI=1S/C18H22ClN5O2/c1-12(22-17(25)13-3-5-14(19)6-4-13)18(26)24-10-7-20-11-15(24)16-21-8-9-23(16)2/h3-6,8-9,12,15,20H,7,10-11H2,1-2H3,(H,22,25). The van der Waals surface area contributed by atoms with Gasteiger partial charge in [0.1, 0.15) is 17.9 Å². The molecule has 26 heavy (non-hydrogen) atoms. The minimum Gasteiger partial charge on any atom is -0.341 e. The van der Waals surface area contributed by atoms with Gasteiger partial charge in [0.05, 0.1) is 0 Å². The van der Waals surface area contributed by atoms with E-state index in [-0.39, 0.29) is 17.9 Å². The molecule has 1 aromatic carbocycles. The molecular formula is C18H22ClN5O2. The fraction of sp³-hybridized carbons (Fsp3) is 0.389. The summed E-state index contributed by atoms with van der Waals surface area (Å²) in [6.07, 6.45) is 3.58. The highest BCUT2D eigenvalue weighted by Gasteiger charge is 2.33. The minimum absolute atomic E-state index is 0.123. The Labute approximate surface area is 157 Å². The molecule has 2 atom stereocenters. The van der Waals surface area contributed by atoms with Crippen molar-refractivity contribution in [1.82, 2.24) is 25.1 Å². The van der Waals surface area contributed by atoms with Gasteiger partial charge in [-0.15, -0.1) is 0 Å². The van der Waals surface area contributed by atoms with Crippen molar-refractivity contribution < 1.29 is 9.59 Å². The maximum atomic E-state index is 13.0. The second-order valence-electron chi connectivity index (χ2n) is 6.35. The number of carbonyl (C=O) groups is 2.